The van der Waals surface area contributed by atoms with Crippen molar-refractivity contribution in [3.63, 3.8) is 0 Å². The zero-order valence-electron chi connectivity index (χ0n) is 11.4. The highest BCUT2D eigenvalue weighted by Gasteiger charge is 2.20. The summed E-state index contributed by atoms with van der Waals surface area (Å²) in [7, 11) is 0. The fourth-order valence-corrected chi connectivity index (χ4v) is 2.46. The van der Waals surface area contributed by atoms with E-state index in [0.717, 1.165) is 36.9 Å². The summed E-state index contributed by atoms with van der Waals surface area (Å²) >= 11 is 0. The van der Waals surface area contributed by atoms with Gasteiger partial charge in [0.15, 0.2) is 0 Å². The minimum Gasteiger partial charge on any atom is -0.314 e. The second-order valence-corrected chi connectivity index (χ2v) is 5.14. The largest absolute Gasteiger partial charge is 0.314 e. The quantitative estimate of drug-likeness (QED) is 0.907. The lowest BCUT2D eigenvalue weighted by atomic mass is 10.2. The minimum atomic E-state index is 0.209. The summed E-state index contributed by atoms with van der Waals surface area (Å²) in [6.45, 7) is 5.99. The van der Waals surface area contributed by atoms with Gasteiger partial charge in [0, 0.05) is 31.4 Å². The number of aryl methyl sites for hydroxylation is 2. The third-order valence-corrected chi connectivity index (χ3v) is 3.61. The fourth-order valence-electron chi connectivity index (χ4n) is 2.46. The molecular formula is C14H19N5. The van der Waals surface area contributed by atoms with Crippen molar-refractivity contribution in [2.45, 2.75) is 45.8 Å². The summed E-state index contributed by atoms with van der Waals surface area (Å²) in [6.07, 6.45) is 4.16. The Morgan fingerprint density at radius 3 is 3.05 bits per heavy atom. The monoisotopic (exact) mass is 257 g/mol. The minimum absolute atomic E-state index is 0.209. The Labute approximate surface area is 113 Å². The number of fused-ring (bicyclic) bond motifs is 1. The average Bonchev–Trinajstić information content (AvgIpc) is 3.00. The van der Waals surface area contributed by atoms with Gasteiger partial charge in [0.1, 0.15) is 11.6 Å². The smallest absolute Gasteiger partial charge is 0.149 e. The first-order valence-corrected chi connectivity index (χ1v) is 6.81. The molecule has 0 amide bonds. The molecule has 19 heavy (non-hydrogen) atoms. The highest BCUT2D eigenvalue weighted by molar-refractivity contribution is 5.13. The maximum absolute atomic E-state index is 4.30. The third-order valence-electron chi connectivity index (χ3n) is 3.61. The van der Waals surface area contributed by atoms with E-state index >= 15 is 0 Å². The van der Waals surface area contributed by atoms with Gasteiger partial charge in [-0.05, 0) is 31.9 Å². The molecule has 100 valence electrons. The fraction of sp³-hybridized carbons (Fsp3) is 0.500. The van der Waals surface area contributed by atoms with Crippen molar-refractivity contribution in [2.24, 2.45) is 0 Å². The van der Waals surface area contributed by atoms with Crippen molar-refractivity contribution in [2.75, 3.05) is 0 Å². The number of hydrogen-bond donors (Lipinski definition) is 1. The highest BCUT2D eigenvalue weighted by atomic mass is 15.3. The van der Waals surface area contributed by atoms with Gasteiger partial charge in [-0.1, -0.05) is 6.07 Å². The second kappa shape index (κ2) is 5.09. The molecule has 0 radical (unpaired) electrons. The van der Waals surface area contributed by atoms with Crippen LogP contribution in [0.3, 0.4) is 0 Å². The average molecular weight is 257 g/mol. The SMILES string of the molecule is Cc1ccc(CNC(C)c2nnc3n2CCC3)cn1. The number of aromatic nitrogens is 4. The van der Waals surface area contributed by atoms with Gasteiger partial charge in [-0.25, -0.2) is 0 Å². The molecule has 0 aromatic carbocycles. The van der Waals surface area contributed by atoms with Crippen LogP contribution in [0.1, 0.15) is 42.3 Å². The first-order valence-electron chi connectivity index (χ1n) is 6.81. The number of rotatable bonds is 4. The van der Waals surface area contributed by atoms with Crippen LogP contribution in [-0.2, 0) is 19.5 Å². The molecule has 1 N–H and O–H groups in total. The molecule has 1 atom stereocenters. The predicted octanol–water partition coefficient (Wildman–Crippen LogP) is 1.78. The number of hydrogen-bond acceptors (Lipinski definition) is 4. The van der Waals surface area contributed by atoms with E-state index < -0.39 is 0 Å². The van der Waals surface area contributed by atoms with Gasteiger partial charge < -0.3 is 9.88 Å². The Hall–Kier alpha value is -1.75. The zero-order valence-corrected chi connectivity index (χ0v) is 11.4. The topological polar surface area (TPSA) is 55.6 Å². The normalized spacial score (nSPS) is 15.5. The van der Waals surface area contributed by atoms with Crippen molar-refractivity contribution in [1.82, 2.24) is 25.1 Å². The maximum Gasteiger partial charge on any atom is 0.149 e. The van der Waals surface area contributed by atoms with Gasteiger partial charge in [0.05, 0.1) is 6.04 Å². The van der Waals surface area contributed by atoms with E-state index in [0.29, 0.717) is 0 Å². The molecule has 5 heteroatoms. The van der Waals surface area contributed by atoms with Crippen molar-refractivity contribution in [3.05, 3.63) is 41.2 Å². The number of nitrogens with one attached hydrogen (secondary N) is 1. The molecule has 0 bridgehead atoms. The lowest BCUT2D eigenvalue weighted by molar-refractivity contribution is 0.515. The molecule has 5 nitrogen and oxygen atoms in total. The molecule has 3 heterocycles. The summed E-state index contributed by atoms with van der Waals surface area (Å²) in [5, 5.41) is 12.0. The Bertz CT molecular complexity index is 558. The molecule has 1 unspecified atom stereocenters. The van der Waals surface area contributed by atoms with Gasteiger partial charge in [0.2, 0.25) is 0 Å². The second-order valence-electron chi connectivity index (χ2n) is 5.14. The Balaban J connectivity index is 1.65. The summed E-state index contributed by atoms with van der Waals surface area (Å²) in [6, 6.07) is 4.35. The van der Waals surface area contributed by atoms with Crippen LogP contribution in [0.15, 0.2) is 18.3 Å². The summed E-state index contributed by atoms with van der Waals surface area (Å²) in [5.41, 5.74) is 2.24. The Morgan fingerprint density at radius 1 is 1.37 bits per heavy atom. The number of pyridine rings is 1. The molecular weight excluding hydrogens is 238 g/mol. The summed E-state index contributed by atoms with van der Waals surface area (Å²) < 4.78 is 2.24. The third kappa shape index (κ3) is 2.51. The molecule has 1 aliphatic rings. The summed E-state index contributed by atoms with van der Waals surface area (Å²) in [5.74, 6) is 2.17. The van der Waals surface area contributed by atoms with E-state index in [1.165, 1.54) is 12.0 Å². The molecule has 0 saturated carbocycles. The Kier molecular flexibility index (Phi) is 3.29. The Morgan fingerprint density at radius 2 is 2.26 bits per heavy atom. The van der Waals surface area contributed by atoms with E-state index in [2.05, 4.69) is 38.1 Å². The van der Waals surface area contributed by atoms with Crippen molar-refractivity contribution in [3.8, 4) is 0 Å². The predicted molar refractivity (Wildman–Crippen MR) is 72.6 cm³/mol. The van der Waals surface area contributed by atoms with Gasteiger partial charge in [-0.15, -0.1) is 10.2 Å². The first-order chi connectivity index (χ1) is 9.24. The number of nitrogens with zero attached hydrogens (tertiary/aromatic N) is 4. The molecule has 0 saturated heterocycles. The van der Waals surface area contributed by atoms with Crippen LogP contribution in [-0.4, -0.2) is 19.7 Å². The highest BCUT2D eigenvalue weighted by Crippen LogP contribution is 2.19. The van der Waals surface area contributed by atoms with E-state index in [1.807, 2.05) is 19.2 Å². The van der Waals surface area contributed by atoms with Gasteiger partial charge in [-0.2, -0.15) is 0 Å². The molecule has 2 aromatic rings. The van der Waals surface area contributed by atoms with Crippen LogP contribution < -0.4 is 5.32 Å². The lowest BCUT2D eigenvalue weighted by Crippen LogP contribution is -2.21. The zero-order chi connectivity index (χ0) is 13.2. The van der Waals surface area contributed by atoms with Gasteiger partial charge in [-0.3, -0.25) is 4.98 Å². The molecule has 0 spiro atoms. The van der Waals surface area contributed by atoms with Crippen LogP contribution in [0, 0.1) is 6.92 Å². The maximum atomic E-state index is 4.30. The van der Waals surface area contributed by atoms with Gasteiger partial charge in [0.25, 0.3) is 0 Å². The molecule has 2 aromatic heterocycles. The van der Waals surface area contributed by atoms with E-state index in [9.17, 15) is 0 Å². The van der Waals surface area contributed by atoms with E-state index in [4.69, 9.17) is 0 Å². The van der Waals surface area contributed by atoms with E-state index in [1.54, 1.807) is 0 Å². The lowest BCUT2D eigenvalue weighted by Gasteiger charge is -2.13. The standard InChI is InChI=1S/C14H19N5/c1-10-5-6-12(8-15-10)9-16-11(2)14-18-17-13-4-3-7-19(13)14/h5-6,8,11,16H,3-4,7,9H2,1-2H3. The van der Waals surface area contributed by atoms with E-state index in [-0.39, 0.29) is 6.04 Å². The van der Waals surface area contributed by atoms with Crippen molar-refractivity contribution in [1.29, 1.82) is 0 Å². The van der Waals surface area contributed by atoms with Crippen molar-refractivity contribution >= 4 is 0 Å². The van der Waals surface area contributed by atoms with Crippen molar-refractivity contribution < 1.29 is 0 Å². The van der Waals surface area contributed by atoms with Crippen LogP contribution in [0.4, 0.5) is 0 Å². The van der Waals surface area contributed by atoms with Gasteiger partial charge >= 0.3 is 0 Å². The summed E-state index contributed by atoms with van der Waals surface area (Å²) in [4.78, 5) is 4.30. The molecule has 1 aliphatic heterocycles. The molecule has 0 fully saturated rings. The van der Waals surface area contributed by atoms with Crippen LogP contribution in [0.25, 0.3) is 0 Å². The van der Waals surface area contributed by atoms with Crippen LogP contribution in [0.2, 0.25) is 0 Å². The van der Waals surface area contributed by atoms with Crippen LogP contribution >= 0.6 is 0 Å². The van der Waals surface area contributed by atoms with Crippen LogP contribution in [0.5, 0.6) is 0 Å². The first kappa shape index (κ1) is 12.3. The molecule has 0 aliphatic carbocycles. The molecule has 3 rings (SSSR count).